The van der Waals surface area contributed by atoms with Gasteiger partial charge in [0.05, 0.1) is 6.54 Å². The minimum absolute atomic E-state index is 0. The Morgan fingerprint density at radius 1 is 1.14 bits per heavy atom. The van der Waals surface area contributed by atoms with Gasteiger partial charge in [-0.05, 0) is 38.4 Å². The van der Waals surface area contributed by atoms with Gasteiger partial charge in [-0.2, -0.15) is 0 Å². The van der Waals surface area contributed by atoms with Crippen molar-refractivity contribution in [2.45, 2.75) is 6.54 Å². The van der Waals surface area contributed by atoms with E-state index in [1.807, 2.05) is 36.4 Å². The minimum atomic E-state index is 0. The number of hydrogen-bond acceptors (Lipinski definition) is 3. The summed E-state index contributed by atoms with van der Waals surface area (Å²) in [6.45, 7) is 2.70. The predicted octanol–water partition coefficient (Wildman–Crippen LogP) is 4.09. The molecule has 1 heterocycles. The van der Waals surface area contributed by atoms with Crippen LogP contribution in [-0.2, 0) is 6.54 Å². The Morgan fingerprint density at radius 2 is 1.90 bits per heavy atom. The number of hydrogen-bond donors (Lipinski definition) is 1. The van der Waals surface area contributed by atoms with Gasteiger partial charge < -0.3 is 14.6 Å². The summed E-state index contributed by atoms with van der Waals surface area (Å²) in [4.78, 5) is 2.15. The van der Waals surface area contributed by atoms with Crippen LogP contribution in [0.3, 0.4) is 0 Å². The van der Waals surface area contributed by atoms with Gasteiger partial charge in [-0.3, -0.25) is 0 Å². The lowest BCUT2D eigenvalue weighted by Crippen LogP contribution is -2.25. The third-order valence-corrected chi connectivity index (χ3v) is 3.04. The maximum Gasteiger partial charge on any atom is 0.134 e. The van der Waals surface area contributed by atoms with Crippen LogP contribution in [0.4, 0.5) is 0 Å². The van der Waals surface area contributed by atoms with Crippen LogP contribution in [0, 0.1) is 0 Å². The van der Waals surface area contributed by atoms with Gasteiger partial charge in [-0.25, -0.2) is 0 Å². The molecule has 0 spiro atoms. The van der Waals surface area contributed by atoms with E-state index in [0.29, 0.717) is 0 Å². The molecule has 6 heteroatoms. The second-order valence-corrected chi connectivity index (χ2v) is 5.19. The van der Waals surface area contributed by atoms with Crippen LogP contribution in [-0.4, -0.2) is 32.1 Å². The number of furan rings is 1. The molecule has 0 aliphatic carbocycles. The molecule has 0 saturated carbocycles. The SMILES string of the molecule is CN(C)CCNCc1ccc(-c2cccc(Cl)c2)o1.Cl.Cl. The molecule has 0 amide bonds. The standard InChI is InChI=1S/C15H19ClN2O.2ClH/c1-18(2)9-8-17-11-14-6-7-15(19-14)12-4-3-5-13(16)10-12;;/h3-7,10,17H,8-9,11H2,1-2H3;2*1H. The molecule has 0 aliphatic heterocycles. The largest absolute Gasteiger partial charge is 0.460 e. The number of likely N-dealkylation sites (N-methyl/N-ethyl adjacent to an activating group) is 1. The quantitative estimate of drug-likeness (QED) is 0.794. The Labute approximate surface area is 143 Å². The zero-order valence-electron chi connectivity index (χ0n) is 12.1. The average molecular weight is 352 g/mol. The molecular weight excluding hydrogens is 331 g/mol. The van der Waals surface area contributed by atoms with E-state index in [2.05, 4.69) is 24.3 Å². The molecule has 2 aromatic rings. The van der Waals surface area contributed by atoms with Gasteiger partial charge in [0.2, 0.25) is 0 Å². The van der Waals surface area contributed by atoms with Crippen LogP contribution in [0.1, 0.15) is 5.76 Å². The first kappa shape index (κ1) is 20.3. The summed E-state index contributed by atoms with van der Waals surface area (Å²) < 4.78 is 5.80. The highest BCUT2D eigenvalue weighted by molar-refractivity contribution is 6.30. The van der Waals surface area contributed by atoms with E-state index in [4.69, 9.17) is 16.0 Å². The number of nitrogens with zero attached hydrogens (tertiary/aromatic N) is 1. The van der Waals surface area contributed by atoms with Gasteiger partial charge >= 0.3 is 0 Å². The van der Waals surface area contributed by atoms with E-state index in [1.165, 1.54) is 0 Å². The third kappa shape index (κ3) is 6.72. The summed E-state index contributed by atoms with van der Waals surface area (Å²) in [6, 6.07) is 11.7. The molecule has 2 rings (SSSR count). The first-order valence-electron chi connectivity index (χ1n) is 6.35. The molecule has 0 atom stereocenters. The highest BCUT2D eigenvalue weighted by Crippen LogP contribution is 2.24. The fraction of sp³-hybridized carbons (Fsp3) is 0.333. The molecule has 118 valence electrons. The van der Waals surface area contributed by atoms with Gasteiger partial charge in [-0.15, -0.1) is 24.8 Å². The summed E-state index contributed by atoms with van der Waals surface area (Å²) in [5.41, 5.74) is 1.01. The first-order valence-corrected chi connectivity index (χ1v) is 6.73. The lowest BCUT2D eigenvalue weighted by atomic mass is 10.2. The van der Waals surface area contributed by atoms with Crippen LogP contribution < -0.4 is 5.32 Å². The van der Waals surface area contributed by atoms with E-state index in [1.54, 1.807) is 0 Å². The average Bonchev–Trinajstić information content (AvgIpc) is 2.83. The van der Waals surface area contributed by atoms with Crippen molar-refractivity contribution < 1.29 is 4.42 Å². The predicted molar refractivity (Wildman–Crippen MR) is 93.9 cm³/mol. The van der Waals surface area contributed by atoms with E-state index >= 15 is 0 Å². The van der Waals surface area contributed by atoms with E-state index in [9.17, 15) is 0 Å². The van der Waals surface area contributed by atoms with Crippen molar-refractivity contribution in [3.05, 3.63) is 47.2 Å². The van der Waals surface area contributed by atoms with E-state index < -0.39 is 0 Å². The summed E-state index contributed by atoms with van der Waals surface area (Å²) in [5.74, 6) is 1.79. The first-order chi connectivity index (χ1) is 9.15. The molecule has 0 unspecified atom stereocenters. The van der Waals surface area contributed by atoms with Crippen molar-refractivity contribution in [1.82, 2.24) is 10.2 Å². The normalized spacial score (nSPS) is 10.1. The topological polar surface area (TPSA) is 28.4 Å². The Morgan fingerprint density at radius 3 is 2.57 bits per heavy atom. The Hall–Kier alpha value is -0.710. The lowest BCUT2D eigenvalue weighted by Gasteiger charge is -2.09. The maximum absolute atomic E-state index is 5.97. The summed E-state index contributed by atoms with van der Waals surface area (Å²) in [6.07, 6.45) is 0. The fourth-order valence-corrected chi connectivity index (χ4v) is 1.97. The van der Waals surface area contributed by atoms with Gasteiger partial charge in [0.25, 0.3) is 0 Å². The zero-order chi connectivity index (χ0) is 13.7. The molecule has 0 radical (unpaired) electrons. The Kier molecular flexibility index (Phi) is 9.75. The Bertz CT molecular complexity index is 529. The van der Waals surface area contributed by atoms with Gasteiger partial charge in [-0.1, -0.05) is 23.7 Å². The molecule has 0 bridgehead atoms. The summed E-state index contributed by atoms with van der Waals surface area (Å²) in [7, 11) is 4.12. The molecule has 3 nitrogen and oxygen atoms in total. The van der Waals surface area contributed by atoms with E-state index in [0.717, 1.165) is 41.7 Å². The molecular formula is C15H21Cl3N2O. The van der Waals surface area contributed by atoms with Crippen LogP contribution in [0.2, 0.25) is 5.02 Å². The molecule has 0 aliphatic rings. The van der Waals surface area contributed by atoms with Crippen LogP contribution in [0.5, 0.6) is 0 Å². The van der Waals surface area contributed by atoms with Crippen molar-refractivity contribution in [3.63, 3.8) is 0 Å². The van der Waals surface area contributed by atoms with Crippen LogP contribution in [0.15, 0.2) is 40.8 Å². The molecule has 1 aromatic heterocycles. The van der Waals surface area contributed by atoms with Crippen molar-refractivity contribution in [2.75, 3.05) is 27.2 Å². The molecule has 0 saturated heterocycles. The number of halogens is 3. The van der Waals surface area contributed by atoms with Crippen molar-refractivity contribution in [2.24, 2.45) is 0 Å². The van der Waals surface area contributed by atoms with Gasteiger partial charge in [0, 0.05) is 23.7 Å². The smallest absolute Gasteiger partial charge is 0.134 e. The van der Waals surface area contributed by atoms with Crippen LogP contribution in [0.25, 0.3) is 11.3 Å². The second kappa shape index (κ2) is 10.1. The van der Waals surface area contributed by atoms with E-state index in [-0.39, 0.29) is 24.8 Å². The Balaban J connectivity index is 0.00000200. The highest BCUT2D eigenvalue weighted by Gasteiger charge is 2.05. The number of nitrogens with one attached hydrogen (secondary N) is 1. The summed E-state index contributed by atoms with van der Waals surface area (Å²) in [5, 5.41) is 4.07. The molecule has 0 fully saturated rings. The summed E-state index contributed by atoms with van der Waals surface area (Å²) >= 11 is 5.97. The maximum atomic E-state index is 5.97. The molecule has 1 aromatic carbocycles. The molecule has 21 heavy (non-hydrogen) atoms. The number of rotatable bonds is 6. The highest BCUT2D eigenvalue weighted by atomic mass is 35.5. The van der Waals surface area contributed by atoms with Gasteiger partial charge in [0.1, 0.15) is 11.5 Å². The monoisotopic (exact) mass is 350 g/mol. The van der Waals surface area contributed by atoms with Gasteiger partial charge in [0.15, 0.2) is 0 Å². The second-order valence-electron chi connectivity index (χ2n) is 4.76. The van der Waals surface area contributed by atoms with Crippen LogP contribution >= 0.6 is 36.4 Å². The minimum Gasteiger partial charge on any atom is -0.460 e. The zero-order valence-corrected chi connectivity index (χ0v) is 14.5. The number of benzene rings is 1. The fourth-order valence-electron chi connectivity index (χ4n) is 1.78. The molecule has 1 N–H and O–H groups in total. The third-order valence-electron chi connectivity index (χ3n) is 2.81. The van der Waals surface area contributed by atoms with Crippen molar-refractivity contribution >= 4 is 36.4 Å². The lowest BCUT2D eigenvalue weighted by molar-refractivity contribution is 0.392. The van der Waals surface area contributed by atoms with Crippen molar-refractivity contribution in [1.29, 1.82) is 0 Å². The van der Waals surface area contributed by atoms with Crippen molar-refractivity contribution in [3.8, 4) is 11.3 Å².